The highest BCUT2D eigenvalue weighted by atomic mass is 35.5. The molecule has 0 aromatic heterocycles. The van der Waals surface area contributed by atoms with E-state index < -0.39 is 22.9 Å². The molecule has 17 heavy (non-hydrogen) atoms. The first kappa shape index (κ1) is 12.6. The molecule has 2 rings (SSSR count). The summed E-state index contributed by atoms with van der Waals surface area (Å²) in [5, 5.41) is -0.157. The standard InChI is InChI=1S/C12H14ClF2NO/c1-17-11-9(14)7(6-8(13)10(11)15)12(16)4-2-3-5-12/h6H,2-5,16H2,1H3. The van der Waals surface area contributed by atoms with Gasteiger partial charge in [0, 0.05) is 11.1 Å². The molecule has 1 aromatic rings. The summed E-state index contributed by atoms with van der Waals surface area (Å²) < 4.78 is 32.3. The van der Waals surface area contributed by atoms with Crippen molar-refractivity contribution >= 4 is 11.6 Å². The lowest BCUT2D eigenvalue weighted by atomic mass is 9.88. The van der Waals surface area contributed by atoms with Gasteiger partial charge in [-0.05, 0) is 18.9 Å². The number of nitrogens with two attached hydrogens (primary N) is 1. The number of benzene rings is 1. The molecule has 0 bridgehead atoms. The molecule has 1 aromatic carbocycles. The van der Waals surface area contributed by atoms with Crippen LogP contribution < -0.4 is 10.5 Å². The summed E-state index contributed by atoms with van der Waals surface area (Å²) in [6.45, 7) is 0. The topological polar surface area (TPSA) is 35.2 Å². The summed E-state index contributed by atoms with van der Waals surface area (Å²) in [4.78, 5) is 0. The zero-order valence-corrected chi connectivity index (χ0v) is 10.3. The molecule has 2 nitrogen and oxygen atoms in total. The van der Waals surface area contributed by atoms with Gasteiger partial charge in [0.15, 0.2) is 17.4 Å². The summed E-state index contributed by atoms with van der Waals surface area (Å²) in [5.41, 5.74) is 5.64. The fraction of sp³-hybridized carbons (Fsp3) is 0.500. The Kier molecular flexibility index (Phi) is 3.27. The van der Waals surface area contributed by atoms with Gasteiger partial charge in [0.25, 0.3) is 0 Å². The Balaban J connectivity index is 2.58. The SMILES string of the molecule is COc1c(F)c(Cl)cc(C2(N)CCCC2)c1F. The van der Waals surface area contributed by atoms with Crippen LogP contribution in [-0.4, -0.2) is 7.11 Å². The van der Waals surface area contributed by atoms with E-state index in [2.05, 4.69) is 0 Å². The Morgan fingerprint density at radius 2 is 1.88 bits per heavy atom. The highest BCUT2D eigenvalue weighted by Crippen LogP contribution is 2.42. The van der Waals surface area contributed by atoms with Gasteiger partial charge in [-0.25, -0.2) is 8.78 Å². The molecule has 0 amide bonds. The molecule has 1 fully saturated rings. The molecular weight excluding hydrogens is 248 g/mol. The highest BCUT2D eigenvalue weighted by Gasteiger charge is 2.36. The Hall–Kier alpha value is -0.870. The summed E-state index contributed by atoms with van der Waals surface area (Å²) in [6.07, 6.45) is 3.23. The van der Waals surface area contributed by atoms with Crippen molar-refractivity contribution in [1.29, 1.82) is 0 Å². The number of halogens is 3. The molecule has 0 heterocycles. The second-order valence-electron chi connectivity index (χ2n) is 4.43. The van der Waals surface area contributed by atoms with Crippen LogP contribution in [0.15, 0.2) is 6.07 Å². The van der Waals surface area contributed by atoms with Crippen LogP contribution >= 0.6 is 11.6 Å². The predicted molar refractivity (Wildman–Crippen MR) is 62.3 cm³/mol. The lowest BCUT2D eigenvalue weighted by Crippen LogP contribution is -2.34. The molecule has 94 valence electrons. The van der Waals surface area contributed by atoms with E-state index in [1.54, 1.807) is 0 Å². The van der Waals surface area contributed by atoms with Crippen LogP contribution in [0, 0.1) is 11.6 Å². The second-order valence-corrected chi connectivity index (χ2v) is 4.84. The summed E-state index contributed by atoms with van der Waals surface area (Å²) in [7, 11) is 1.21. The summed E-state index contributed by atoms with van der Waals surface area (Å²) in [6, 6.07) is 1.28. The van der Waals surface area contributed by atoms with Crippen molar-refractivity contribution in [3.05, 3.63) is 28.3 Å². The van der Waals surface area contributed by atoms with E-state index in [0.717, 1.165) is 12.8 Å². The van der Waals surface area contributed by atoms with Crippen LogP contribution in [0.25, 0.3) is 0 Å². The van der Waals surface area contributed by atoms with Crippen LogP contribution in [0.2, 0.25) is 5.02 Å². The minimum atomic E-state index is -0.878. The van der Waals surface area contributed by atoms with Gasteiger partial charge < -0.3 is 10.5 Å². The third kappa shape index (κ3) is 2.00. The van der Waals surface area contributed by atoms with E-state index in [1.807, 2.05) is 0 Å². The van der Waals surface area contributed by atoms with Crippen LogP contribution in [-0.2, 0) is 5.54 Å². The maximum absolute atomic E-state index is 14.1. The molecule has 0 spiro atoms. The van der Waals surface area contributed by atoms with Crippen molar-refractivity contribution in [2.24, 2.45) is 5.73 Å². The fourth-order valence-electron chi connectivity index (χ4n) is 2.40. The molecule has 1 aliphatic rings. The first-order chi connectivity index (χ1) is 7.99. The number of ether oxygens (including phenoxy) is 1. The molecule has 0 unspecified atom stereocenters. The Morgan fingerprint density at radius 3 is 2.41 bits per heavy atom. The zero-order chi connectivity index (χ0) is 12.6. The van der Waals surface area contributed by atoms with Crippen molar-refractivity contribution < 1.29 is 13.5 Å². The van der Waals surface area contributed by atoms with Crippen LogP contribution in [0.3, 0.4) is 0 Å². The van der Waals surface area contributed by atoms with Crippen LogP contribution in [0.1, 0.15) is 31.2 Å². The van der Waals surface area contributed by atoms with Crippen LogP contribution in [0.5, 0.6) is 5.75 Å². The quantitative estimate of drug-likeness (QED) is 0.829. The van der Waals surface area contributed by atoms with E-state index in [-0.39, 0.29) is 10.6 Å². The average molecular weight is 262 g/mol. The Labute approximate surface area is 104 Å². The molecule has 1 saturated carbocycles. The molecular formula is C12H14ClF2NO. The van der Waals surface area contributed by atoms with E-state index in [9.17, 15) is 8.78 Å². The van der Waals surface area contributed by atoms with E-state index in [4.69, 9.17) is 22.1 Å². The van der Waals surface area contributed by atoms with Gasteiger partial charge in [-0.3, -0.25) is 0 Å². The van der Waals surface area contributed by atoms with Crippen molar-refractivity contribution in [2.75, 3.05) is 7.11 Å². The van der Waals surface area contributed by atoms with Gasteiger partial charge in [0.2, 0.25) is 0 Å². The lowest BCUT2D eigenvalue weighted by molar-refractivity contribution is 0.346. The number of methoxy groups -OCH3 is 1. The molecule has 2 N–H and O–H groups in total. The second kappa shape index (κ2) is 4.42. The average Bonchev–Trinajstić information content (AvgIpc) is 2.72. The van der Waals surface area contributed by atoms with Crippen molar-refractivity contribution in [3.63, 3.8) is 0 Å². The maximum atomic E-state index is 14.1. The highest BCUT2D eigenvalue weighted by molar-refractivity contribution is 6.31. The third-order valence-electron chi connectivity index (χ3n) is 3.35. The molecule has 0 aliphatic heterocycles. The van der Waals surface area contributed by atoms with Crippen molar-refractivity contribution in [1.82, 2.24) is 0 Å². The maximum Gasteiger partial charge on any atom is 0.192 e. The van der Waals surface area contributed by atoms with Gasteiger partial charge in [-0.2, -0.15) is 0 Å². The van der Waals surface area contributed by atoms with E-state index in [0.29, 0.717) is 12.8 Å². The monoisotopic (exact) mass is 261 g/mol. The predicted octanol–water partition coefficient (Wildman–Crippen LogP) is 3.35. The van der Waals surface area contributed by atoms with Crippen molar-refractivity contribution in [2.45, 2.75) is 31.2 Å². The summed E-state index contributed by atoms with van der Waals surface area (Å²) in [5.74, 6) is -2.07. The molecule has 0 atom stereocenters. The minimum absolute atomic E-state index is 0.157. The molecule has 0 radical (unpaired) electrons. The smallest absolute Gasteiger partial charge is 0.192 e. The lowest BCUT2D eigenvalue weighted by Gasteiger charge is -2.25. The first-order valence-corrected chi connectivity index (χ1v) is 5.88. The molecule has 0 saturated heterocycles. The number of rotatable bonds is 2. The van der Waals surface area contributed by atoms with E-state index in [1.165, 1.54) is 13.2 Å². The third-order valence-corrected chi connectivity index (χ3v) is 3.63. The van der Waals surface area contributed by atoms with Gasteiger partial charge in [0.05, 0.1) is 12.1 Å². The normalized spacial score (nSPS) is 18.4. The van der Waals surface area contributed by atoms with Gasteiger partial charge in [-0.15, -0.1) is 0 Å². The Morgan fingerprint density at radius 1 is 1.29 bits per heavy atom. The van der Waals surface area contributed by atoms with Gasteiger partial charge in [0.1, 0.15) is 0 Å². The van der Waals surface area contributed by atoms with E-state index >= 15 is 0 Å². The first-order valence-electron chi connectivity index (χ1n) is 5.50. The Bertz CT molecular complexity index is 445. The van der Waals surface area contributed by atoms with Crippen LogP contribution in [0.4, 0.5) is 8.78 Å². The van der Waals surface area contributed by atoms with Gasteiger partial charge >= 0.3 is 0 Å². The summed E-state index contributed by atoms with van der Waals surface area (Å²) >= 11 is 5.73. The molecule has 1 aliphatic carbocycles. The van der Waals surface area contributed by atoms with Crippen molar-refractivity contribution in [3.8, 4) is 5.75 Å². The minimum Gasteiger partial charge on any atom is -0.491 e. The van der Waals surface area contributed by atoms with Gasteiger partial charge in [-0.1, -0.05) is 24.4 Å². The number of hydrogen-bond acceptors (Lipinski definition) is 2. The number of hydrogen-bond donors (Lipinski definition) is 1. The zero-order valence-electron chi connectivity index (χ0n) is 9.53. The largest absolute Gasteiger partial charge is 0.491 e. The fourth-order valence-corrected chi connectivity index (χ4v) is 2.59. The molecule has 5 heteroatoms.